The summed E-state index contributed by atoms with van der Waals surface area (Å²) < 4.78 is 0. The molecule has 0 aliphatic rings. The maximum atomic E-state index is 4.88. The van der Waals surface area contributed by atoms with Gasteiger partial charge in [0.1, 0.15) is 0 Å². The van der Waals surface area contributed by atoms with E-state index in [4.69, 9.17) is 5.84 Å². The maximum absolute atomic E-state index is 4.88. The number of rotatable bonds is 1. The highest BCUT2D eigenvalue weighted by Crippen LogP contribution is 1.52. The Labute approximate surface area is 43.4 Å². The molecule has 0 unspecified atom stereocenters. The van der Waals surface area contributed by atoms with Crippen LogP contribution in [0.1, 0.15) is 0 Å². The zero-order valence-electron chi connectivity index (χ0n) is 4.07. The van der Waals surface area contributed by atoms with Crippen molar-refractivity contribution >= 4 is 0 Å². The van der Waals surface area contributed by atoms with E-state index < -0.39 is 0 Å². The van der Waals surface area contributed by atoms with Crippen molar-refractivity contribution in [3.63, 3.8) is 0 Å². The highest BCUT2D eigenvalue weighted by Gasteiger charge is 1.60. The zero-order chi connectivity index (χ0) is 5.54. The molecule has 3 N–H and O–H groups in total. The van der Waals surface area contributed by atoms with E-state index in [0.29, 0.717) is 6.54 Å². The maximum Gasteiger partial charge on any atom is 0.0713 e. The third kappa shape index (κ3) is 5.22. The van der Waals surface area contributed by atoms with Crippen molar-refractivity contribution in [2.24, 2.45) is 5.84 Å². The summed E-state index contributed by atoms with van der Waals surface area (Å²) in [7, 11) is 0. The number of hydrogen-bond acceptors (Lipinski definition) is 2. The highest BCUT2D eigenvalue weighted by atomic mass is 15.2. The monoisotopic (exact) mass is 96.1 g/mol. The summed E-state index contributed by atoms with van der Waals surface area (Å²) >= 11 is 0. The van der Waals surface area contributed by atoms with Gasteiger partial charge in [-0.2, -0.15) is 0 Å². The van der Waals surface area contributed by atoms with Crippen LogP contribution in [0, 0.1) is 11.8 Å². The minimum absolute atomic E-state index is 0.520. The number of hydrazine groups is 1. The second-order valence-electron chi connectivity index (χ2n) is 0.906. The Hall–Kier alpha value is -0.780. The molecule has 0 heterocycles. The predicted molar refractivity (Wildman–Crippen MR) is 30.2 cm³/mol. The lowest BCUT2D eigenvalue weighted by Gasteiger charge is -1.79. The fourth-order valence-corrected chi connectivity index (χ4v) is 0.174. The van der Waals surface area contributed by atoms with E-state index in [1.165, 1.54) is 6.08 Å². The molecule has 38 valence electrons. The van der Waals surface area contributed by atoms with Gasteiger partial charge in [-0.25, -0.2) is 5.43 Å². The Morgan fingerprint density at radius 1 is 1.86 bits per heavy atom. The molecule has 0 aromatic heterocycles. The number of hydrogen-bond donors (Lipinski definition) is 2. The molecule has 0 aromatic carbocycles. The van der Waals surface area contributed by atoms with Crippen LogP contribution in [0.5, 0.6) is 0 Å². The van der Waals surface area contributed by atoms with Crippen LogP contribution in [0.25, 0.3) is 0 Å². The second kappa shape index (κ2) is 5.22. The van der Waals surface area contributed by atoms with Gasteiger partial charge < -0.3 is 0 Å². The van der Waals surface area contributed by atoms with Crippen molar-refractivity contribution in [2.75, 3.05) is 6.54 Å². The van der Waals surface area contributed by atoms with E-state index in [0.717, 1.165) is 0 Å². The average Bonchev–Trinajstić information content (AvgIpc) is 1.69. The van der Waals surface area contributed by atoms with E-state index in [2.05, 4.69) is 23.8 Å². The molecule has 0 spiro atoms. The summed E-state index contributed by atoms with van der Waals surface area (Å²) in [6.07, 6.45) is 1.53. The molecule has 7 heavy (non-hydrogen) atoms. The Morgan fingerprint density at radius 2 is 2.57 bits per heavy atom. The minimum Gasteiger partial charge on any atom is -0.271 e. The van der Waals surface area contributed by atoms with E-state index in [-0.39, 0.29) is 0 Å². The number of allylic oxidation sites excluding steroid dienone is 1. The van der Waals surface area contributed by atoms with E-state index >= 15 is 0 Å². The van der Waals surface area contributed by atoms with Crippen molar-refractivity contribution < 1.29 is 0 Å². The first-order valence-corrected chi connectivity index (χ1v) is 1.94. The molecule has 0 amide bonds. The molecule has 0 atom stereocenters. The quantitative estimate of drug-likeness (QED) is 0.266. The molecule has 0 aliphatic heterocycles. The minimum atomic E-state index is 0.520. The zero-order valence-corrected chi connectivity index (χ0v) is 4.07. The van der Waals surface area contributed by atoms with Crippen molar-refractivity contribution in [3.8, 4) is 11.8 Å². The van der Waals surface area contributed by atoms with Gasteiger partial charge in [-0.1, -0.05) is 18.4 Å². The van der Waals surface area contributed by atoms with Gasteiger partial charge in [-0.15, -0.1) is 0 Å². The van der Waals surface area contributed by atoms with Gasteiger partial charge in [-0.05, 0) is 6.08 Å². The third-order valence-electron chi connectivity index (χ3n) is 0.395. The lowest BCUT2D eigenvalue weighted by Crippen LogP contribution is -2.21. The first kappa shape index (κ1) is 6.22. The summed E-state index contributed by atoms with van der Waals surface area (Å²) in [6, 6.07) is 0. The van der Waals surface area contributed by atoms with Gasteiger partial charge in [0.15, 0.2) is 0 Å². The normalized spacial score (nSPS) is 6.43. The molecule has 0 aliphatic carbocycles. The van der Waals surface area contributed by atoms with Gasteiger partial charge >= 0.3 is 0 Å². The third-order valence-corrected chi connectivity index (χ3v) is 0.395. The van der Waals surface area contributed by atoms with Crippen LogP contribution in [-0.4, -0.2) is 6.54 Å². The highest BCUT2D eigenvalue weighted by molar-refractivity contribution is 5.12. The van der Waals surface area contributed by atoms with Crippen LogP contribution in [0.3, 0.4) is 0 Å². The molecule has 2 nitrogen and oxygen atoms in total. The van der Waals surface area contributed by atoms with Gasteiger partial charge in [0.25, 0.3) is 0 Å². The summed E-state index contributed by atoms with van der Waals surface area (Å²) in [4.78, 5) is 0. The Kier molecular flexibility index (Phi) is 4.64. The topological polar surface area (TPSA) is 38.0 Å². The average molecular weight is 96.1 g/mol. The van der Waals surface area contributed by atoms with Crippen molar-refractivity contribution in [1.29, 1.82) is 0 Å². The van der Waals surface area contributed by atoms with E-state index in [1.54, 1.807) is 0 Å². The summed E-state index contributed by atoms with van der Waals surface area (Å²) in [5.74, 6) is 10.2. The molecule has 0 radical (unpaired) electrons. The molecule has 0 bridgehead atoms. The second-order valence-corrected chi connectivity index (χ2v) is 0.906. The summed E-state index contributed by atoms with van der Waals surface area (Å²) in [6.45, 7) is 3.91. The lowest BCUT2D eigenvalue weighted by atomic mass is 10.6. The van der Waals surface area contributed by atoms with Crippen LogP contribution >= 0.6 is 0 Å². The van der Waals surface area contributed by atoms with Crippen molar-refractivity contribution in [1.82, 2.24) is 5.43 Å². The molecule has 0 rings (SSSR count). The number of nitrogens with one attached hydrogen (secondary N) is 1. The molecular weight excluding hydrogens is 88.1 g/mol. The van der Waals surface area contributed by atoms with E-state index in [1.807, 2.05) is 0 Å². The first-order chi connectivity index (χ1) is 3.41. The molecule has 0 saturated carbocycles. The fourth-order valence-electron chi connectivity index (χ4n) is 0.174. The molecule has 0 saturated heterocycles. The molecular formula is C5H8N2. The van der Waals surface area contributed by atoms with Crippen molar-refractivity contribution in [3.05, 3.63) is 12.7 Å². The van der Waals surface area contributed by atoms with Gasteiger partial charge in [0.2, 0.25) is 0 Å². The summed E-state index contributed by atoms with van der Waals surface area (Å²) in [5.41, 5.74) is 2.38. The summed E-state index contributed by atoms with van der Waals surface area (Å²) in [5, 5.41) is 0. The Bertz CT molecular complexity index is 96.4. The van der Waals surface area contributed by atoms with Crippen LogP contribution in [0.2, 0.25) is 0 Å². The van der Waals surface area contributed by atoms with Gasteiger partial charge in [0, 0.05) is 0 Å². The van der Waals surface area contributed by atoms with Crippen molar-refractivity contribution in [2.45, 2.75) is 0 Å². The van der Waals surface area contributed by atoms with Crippen LogP contribution in [0.15, 0.2) is 12.7 Å². The van der Waals surface area contributed by atoms with Crippen LogP contribution < -0.4 is 11.3 Å². The van der Waals surface area contributed by atoms with Crippen LogP contribution in [0.4, 0.5) is 0 Å². The SMILES string of the molecule is C=CC#CCNN. The Balaban J connectivity index is 3.07. The standard InChI is InChI=1S/C5H8N2/c1-2-3-4-5-7-6/h2,7H,1,5-6H2. The van der Waals surface area contributed by atoms with Gasteiger partial charge in [-0.3, -0.25) is 5.84 Å². The fraction of sp³-hybridized carbons (Fsp3) is 0.200. The largest absolute Gasteiger partial charge is 0.271 e. The Morgan fingerprint density at radius 3 is 3.00 bits per heavy atom. The first-order valence-electron chi connectivity index (χ1n) is 1.94. The molecule has 2 heteroatoms. The molecule has 0 aromatic rings. The predicted octanol–water partition coefficient (Wildman–Crippen LogP) is -0.361. The van der Waals surface area contributed by atoms with E-state index in [9.17, 15) is 0 Å². The van der Waals surface area contributed by atoms with Crippen LogP contribution in [-0.2, 0) is 0 Å². The number of nitrogens with two attached hydrogens (primary N) is 1. The molecule has 0 fully saturated rings. The van der Waals surface area contributed by atoms with Gasteiger partial charge in [0.05, 0.1) is 6.54 Å². The smallest absolute Gasteiger partial charge is 0.0713 e. The lowest BCUT2D eigenvalue weighted by molar-refractivity contribution is 0.837.